The maximum Gasteiger partial charge on any atom is 0.340 e. The zero-order valence-electron chi connectivity index (χ0n) is 16.9. The maximum atomic E-state index is 12.8. The number of hydrogen-bond donors (Lipinski definition) is 1. The molecule has 9 heteroatoms. The summed E-state index contributed by atoms with van der Waals surface area (Å²) < 4.78 is 5.01. The molecule has 1 saturated heterocycles. The molecule has 0 unspecified atom stereocenters. The van der Waals surface area contributed by atoms with Crippen LogP contribution in [0.15, 0.2) is 0 Å². The van der Waals surface area contributed by atoms with Crippen LogP contribution < -0.4 is 0 Å². The molecule has 29 heavy (non-hydrogen) atoms. The standard InChI is InChI=1S/C20H25N3O6/c1-4-29-19(27)15-11(2)16(21-12(15)3)14(24)10-22-17(25)18(26)23(20(22)28)13-8-6-5-7-9-13/h13,21H,4-10H2,1-3H3. The average Bonchev–Trinajstić information content (AvgIpc) is 3.10. The molecule has 3 rings (SSSR count). The first-order valence-electron chi connectivity index (χ1n) is 9.86. The van der Waals surface area contributed by atoms with Gasteiger partial charge < -0.3 is 9.72 Å². The minimum absolute atomic E-state index is 0.120. The smallest absolute Gasteiger partial charge is 0.340 e. The average molecular weight is 403 g/mol. The molecule has 0 bridgehead atoms. The molecule has 0 aromatic carbocycles. The number of H-pyrrole nitrogens is 1. The molecule has 2 fully saturated rings. The fourth-order valence-corrected chi connectivity index (χ4v) is 4.08. The number of nitrogens with one attached hydrogen (secondary N) is 1. The summed E-state index contributed by atoms with van der Waals surface area (Å²) in [7, 11) is 0. The summed E-state index contributed by atoms with van der Waals surface area (Å²) in [4.78, 5) is 66.9. The van der Waals surface area contributed by atoms with Gasteiger partial charge in [0.15, 0.2) is 5.78 Å². The lowest BCUT2D eigenvalue weighted by Crippen LogP contribution is -2.43. The van der Waals surface area contributed by atoms with Gasteiger partial charge in [0, 0.05) is 11.7 Å². The largest absolute Gasteiger partial charge is 0.462 e. The van der Waals surface area contributed by atoms with Crippen LogP contribution in [0.2, 0.25) is 0 Å². The molecule has 0 atom stereocenters. The van der Waals surface area contributed by atoms with Gasteiger partial charge in [0.25, 0.3) is 0 Å². The lowest BCUT2D eigenvalue weighted by Gasteiger charge is -2.28. The molecular weight excluding hydrogens is 378 g/mol. The second-order valence-electron chi connectivity index (χ2n) is 7.41. The van der Waals surface area contributed by atoms with Crippen molar-refractivity contribution in [1.29, 1.82) is 0 Å². The minimum atomic E-state index is -0.986. The Kier molecular flexibility index (Phi) is 5.86. The molecule has 1 saturated carbocycles. The fraction of sp³-hybridized carbons (Fsp3) is 0.550. The van der Waals surface area contributed by atoms with Crippen molar-refractivity contribution in [3.63, 3.8) is 0 Å². The molecule has 4 amide bonds. The number of ketones is 1. The van der Waals surface area contributed by atoms with E-state index in [0.717, 1.165) is 24.2 Å². The van der Waals surface area contributed by atoms with E-state index in [1.54, 1.807) is 20.8 Å². The number of carbonyl (C=O) groups is 5. The Morgan fingerprint density at radius 1 is 1.07 bits per heavy atom. The first kappa shape index (κ1) is 20.8. The molecule has 1 aliphatic heterocycles. The third kappa shape index (κ3) is 3.68. The number of nitrogens with zero attached hydrogens (tertiary/aromatic N) is 2. The van der Waals surface area contributed by atoms with Gasteiger partial charge in [0.2, 0.25) is 0 Å². The summed E-state index contributed by atoms with van der Waals surface area (Å²) in [5, 5.41) is 0. The molecule has 9 nitrogen and oxygen atoms in total. The predicted molar refractivity (Wildman–Crippen MR) is 101 cm³/mol. The van der Waals surface area contributed by atoms with Gasteiger partial charge in [-0.3, -0.25) is 19.3 Å². The van der Waals surface area contributed by atoms with Crippen molar-refractivity contribution in [3.8, 4) is 0 Å². The molecule has 0 radical (unpaired) electrons. The lowest BCUT2D eigenvalue weighted by atomic mass is 9.94. The third-order valence-corrected chi connectivity index (χ3v) is 5.52. The Hall–Kier alpha value is -2.97. The lowest BCUT2D eigenvalue weighted by molar-refractivity contribution is -0.144. The first-order chi connectivity index (χ1) is 13.8. The van der Waals surface area contributed by atoms with E-state index in [2.05, 4.69) is 4.98 Å². The van der Waals surface area contributed by atoms with E-state index in [4.69, 9.17) is 4.74 Å². The number of aromatic nitrogens is 1. The van der Waals surface area contributed by atoms with Crippen LogP contribution >= 0.6 is 0 Å². The van der Waals surface area contributed by atoms with Crippen molar-refractivity contribution < 1.29 is 28.7 Å². The molecule has 1 N–H and O–H groups in total. The van der Waals surface area contributed by atoms with Crippen LogP contribution in [0.5, 0.6) is 0 Å². The summed E-state index contributed by atoms with van der Waals surface area (Å²) in [5.41, 5.74) is 1.23. The quantitative estimate of drug-likeness (QED) is 0.336. The number of carbonyl (C=O) groups excluding carboxylic acids is 5. The molecule has 2 aliphatic rings. The van der Waals surface area contributed by atoms with E-state index >= 15 is 0 Å². The van der Waals surface area contributed by atoms with Crippen molar-refractivity contribution in [3.05, 3.63) is 22.5 Å². The van der Waals surface area contributed by atoms with Crippen LogP contribution in [0.1, 0.15) is 71.1 Å². The Balaban J connectivity index is 1.79. The molecule has 0 spiro atoms. The highest BCUT2D eigenvalue weighted by atomic mass is 16.5. The SMILES string of the molecule is CCOC(=O)c1c(C)[nH]c(C(=O)CN2C(=O)C(=O)N(C3CCCCC3)C2=O)c1C. The van der Waals surface area contributed by atoms with Gasteiger partial charge in [-0.05, 0) is 39.2 Å². The zero-order valence-corrected chi connectivity index (χ0v) is 16.9. The summed E-state index contributed by atoms with van der Waals surface area (Å²) in [6.45, 7) is 4.55. The van der Waals surface area contributed by atoms with Gasteiger partial charge in [-0.1, -0.05) is 19.3 Å². The van der Waals surface area contributed by atoms with Crippen molar-refractivity contribution in [2.45, 2.75) is 58.9 Å². The highest BCUT2D eigenvalue weighted by Crippen LogP contribution is 2.27. The number of ether oxygens (including phenoxy) is 1. The Bertz CT molecular complexity index is 881. The number of Topliss-reactive ketones (excluding diaryl/α,β-unsaturated/α-hetero) is 1. The van der Waals surface area contributed by atoms with Crippen LogP contribution in [0.4, 0.5) is 4.79 Å². The summed E-state index contributed by atoms with van der Waals surface area (Å²) in [6.07, 6.45) is 4.17. The number of hydrogen-bond acceptors (Lipinski definition) is 6. The molecular formula is C20H25N3O6. The first-order valence-corrected chi connectivity index (χ1v) is 9.86. The second kappa shape index (κ2) is 8.18. The van der Waals surface area contributed by atoms with Gasteiger partial charge >= 0.3 is 23.8 Å². The summed E-state index contributed by atoms with van der Waals surface area (Å²) in [5.74, 6) is -2.97. The van der Waals surface area contributed by atoms with Crippen molar-refractivity contribution in [2.24, 2.45) is 0 Å². The van der Waals surface area contributed by atoms with Crippen LogP contribution in [0.25, 0.3) is 0 Å². The Labute approximate surface area is 168 Å². The third-order valence-electron chi connectivity index (χ3n) is 5.52. The van der Waals surface area contributed by atoms with Gasteiger partial charge in [-0.25, -0.2) is 14.5 Å². The van der Waals surface area contributed by atoms with Gasteiger partial charge in [0.1, 0.15) is 0 Å². The van der Waals surface area contributed by atoms with Crippen LogP contribution in [0.3, 0.4) is 0 Å². The predicted octanol–water partition coefficient (Wildman–Crippen LogP) is 2.11. The van der Waals surface area contributed by atoms with Gasteiger partial charge in [-0.2, -0.15) is 0 Å². The van der Waals surface area contributed by atoms with Crippen molar-refractivity contribution >= 4 is 29.6 Å². The number of amides is 4. The summed E-state index contributed by atoms with van der Waals surface area (Å²) >= 11 is 0. The van der Waals surface area contributed by atoms with Crippen molar-refractivity contribution in [2.75, 3.05) is 13.2 Å². The second-order valence-corrected chi connectivity index (χ2v) is 7.41. The monoisotopic (exact) mass is 403 g/mol. The molecule has 2 heterocycles. The highest BCUT2D eigenvalue weighted by molar-refractivity contribution is 6.45. The van der Waals surface area contributed by atoms with Crippen LogP contribution in [0, 0.1) is 13.8 Å². The normalized spacial score (nSPS) is 18.0. The molecule has 156 valence electrons. The van der Waals surface area contributed by atoms with Crippen LogP contribution in [-0.4, -0.2) is 63.6 Å². The van der Waals surface area contributed by atoms with Crippen molar-refractivity contribution in [1.82, 2.24) is 14.8 Å². The van der Waals surface area contributed by atoms with E-state index in [1.807, 2.05) is 0 Å². The number of rotatable bonds is 6. The fourth-order valence-electron chi connectivity index (χ4n) is 4.08. The molecule has 1 aromatic rings. The number of imide groups is 2. The van der Waals surface area contributed by atoms with E-state index in [0.29, 0.717) is 29.0 Å². The minimum Gasteiger partial charge on any atom is -0.462 e. The van der Waals surface area contributed by atoms with Crippen LogP contribution in [-0.2, 0) is 14.3 Å². The highest BCUT2D eigenvalue weighted by Gasteiger charge is 2.48. The Morgan fingerprint density at radius 2 is 1.72 bits per heavy atom. The number of aryl methyl sites for hydroxylation is 1. The van der Waals surface area contributed by atoms with E-state index < -0.39 is 36.1 Å². The van der Waals surface area contributed by atoms with Gasteiger partial charge in [-0.15, -0.1) is 0 Å². The molecule has 1 aromatic heterocycles. The number of aromatic amines is 1. The summed E-state index contributed by atoms with van der Waals surface area (Å²) in [6, 6.07) is -1.04. The number of urea groups is 1. The van der Waals surface area contributed by atoms with E-state index in [9.17, 15) is 24.0 Å². The zero-order chi connectivity index (χ0) is 21.3. The van der Waals surface area contributed by atoms with E-state index in [1.165, 1.54) is 0 Å². The Morgan fingerprint density at radius 3 is 2.34 bits per heavy atom. The maximum absolute atomic E-state index is 12.8. The topological polar surface area (TPSA) is 117 Å². The van der Waals surface area contributed by atoms with Gasteiger partial charge in [0.05, 0.1) is 24.4 Å². The number of esters is 1. The van der Waals surface area contributed by atoms with E-state index in [-0.39, 0.29) is 23.9 Å². The molecule has 1 aliphatic carbocycles.